The van der Waals surface area contributed by atoms with Crippen LogP contribution in [0.2, 0.25) is 0 Å². The Kier molecular flexibility index (Phi) is 3.64. The predicted molar refractivity (Wildman–Crippen MR) is 83.3 cm³/mol. The number of nitrogens with two attached hydrogens (primary N) is 1. The number of ether oxygens (including phenoxy) is 1. The topological polar surface area (TPSA) is 73.1 Å². The van der Waals surface area contributed by atoms with Crippen LogP contribution in [0.3, 0.4) is 0 Å². The van der Waals surface area contributed by atoms with Crippen molar-refractivity contribution < 1.29 is 4.74 Å². The minimum absolute atomic E-state index is 0.0877. The monoisotopic (exact) mass is 284 g/mol. The van der Waals surface area contributed by atoms with Gasteiger partial charge in [-0.05, 0) is 49.9 Å². The Balaban J connectivity index is 1.77. The SMILES string of the molecule is CC(C)Oc1cncc(NC2CCc3cc(N)ccc32)n1. The fourth-order valence-electron chi connectivity index (χ4n) is 2.68. The number of aromatic nitrogens is 2. The number of rotatable bonds is 4. The number of anilines is 2. The number of hydrogen-bond acceptors (Lipinski definition) is 5. The van der Waals surface area contributed by atoms with E-state index in [0.29, 0.717) is 5.88 Å². The minimum Gasteiger partial charge on any atom is -0.474 e. The van der Waals surface area contributed by atoms with Crippen molar-refractivity contribution in [1.82, 2.24) is 9.97 Å². The smallest absolute Gasteiger partial charge is 0.234 e. The van der Waals surface area contributed by atoms with Crippen molar-refractivity contribution in [2.45, 2.75) is 38.8 Å². The first kappa shape index (κ1) is 13.7. The zero-order chi connectivity index (χ0) is 14.8. The number of aryl methyl sites for hydroxylation is 1. The van der Waals surface area contributed by atoms with Crippen LogP contribution in [0.25, 0.3) is 0 Å². The van der Waals surface area contributed by atoms with Gasteiger partial charge in [-0.1, -0.05) is 6.07 Å². The van der Waals surface area contributed by atoms with Crippen molar-refractivity contribution in [3.63, 3.8) is 0 Å². The molecule has 1 unspecified atom stereocenters. The van der Waals surface area contributed by atoms with Gasteiger partial charge in [-0.15, -0.1) is 0 Å². The molecule has 1 aliphatic rings. The largest absolute Gasteiger partial charge is 0.474 e. The molecule has 1 aromatic heterocycles. The summed E-state index contributed by atoms with van der Waals surface area (Å²) in [6, 6.07) is 6.35. The lowest BCUT2D eigenvalue weighted by Crippen LogP contribution is -2.11. The number of fused-ring (bicyclic) bond motifs is 1. The van der Waals surface area contributed by atoms with Gasteiger partial charge in [-0.3, -0.25) is 4.98 Å². The highest BCUT2D eigenvalue weighted by atomic mass is 16.5. The molecule has 3 N–H and O–H groups in total. The van der Waals surface area contributed by atoms with E-state index in [1.54, 1.807) is 12.4 Å². The third kappa shape index (κ3) is 3.07. The van der Waals surface area contributed by atoms with Crippen LogP contribution in [-0.2, 0) is 6.42 Å². The summed E-state index contributed by atoms with van der Waals surface area (Å²) in [4.78, 5) is 8.63. The highest BCUT2D eigenvalue weighted by Gasteiger charge is 2.22. The summed E-state index contributed by atoms with van der Waals surface area (Å²) in [6.07, 6.45) is 5.52. The van der Waals surface area contributed by atoms with Crippen molar-refractivity contribution in [2.75, 3.05) is 11.1 Å². The van der Waals surface area contributed by atoms with Gasteiger partial charge in [-0.25, -0.2) is 0 Å². The predicted octanol–water partition coefficient (Wildman–Crippen LogP) is 2.95. The standard InChI is InChI=1S/C16H20N4O/c1-10(2)21-16-9-18-8-15(20-16)19-14-6-3-11-7-12(17)4-5-13(11)14/h4-5,7-10,14H,3,6,17H2,1-2H3,(H,19,20). The molecule has 0 saturated carbocycles. The van der Waals surface area contributed by atoms with Crippen molar-refractivity contribution in [1.29, 1.82) is 0 Å². The fraction of sp³-hybridized carbons (Fsp3) is 0.375. The molecule has 5 nitrogen and oxygen atoms in total. The number of nitrogen functional groups attached to an aromatic ring is 1. The summed E-state index contributed by atoms with van der Waals surface area (Å²) in [5, 5.41) is 3.44. The maximum absolute atomic E-state index is 5.84. The summed E-state index contributed by atoms with van der Waals surface area (Å²) < 4.78 is 5.57. The third-order valence-corrected chi connectivity index (χ3v) is 3.54. The zero-order valence-corrected chi connectivity index (χ0v) is 12.3. The van der Waals surface area contributed by atoms with Crippen LogP contribution >= 0.6 is 0 Å². The lowest BCUT2D eigenvalue weighted by atomic mass is 10.1. The van der Waals surface area contributed by atoms with Gasteiger partial charge in [0.2, 0.25) is 5.88 Å². The van der Waals surface area contributed by atoms with Gasteiger partial charge in [-0.2, -0.15) is 4.98 Å². The molecular weight excluding hydrogens is 264 g/mol. The quantitative estimate of drug-likeness (QED) is 0.844. The van der Waals surface area contributed by atoms with Crippen LogP contribution in [0.4, 0.5) is 11.5 Å². The molecule has 0 saturated heterocycles. The average Bonchev–Trinajstić information content (AvgIpc) is 2.80. The van der Waals surface area contributed by atoms with E-state index in [9.17, 15) is 0 Å². The van der Waals surface area contributed by atoms with Gasteiger partial charge in [0, 0.05) is 5.69 Å². The normalized spacial score (nSPS) is 16.8. The van der Waals surface area contributed by atoms with Crippen molar-refractivity contribution >= 4 is 11.5 Å². The van der Waals surface area contributed by atoms with E-state index in [-0.39, 0.29) is 12.1 Å². The van der Waals surface area contributed by atoms with E-state index in [2.05, 4.69) is 27.4 Å². The molecule has 2 aromatic rings. The molecule has 1 aromatic carbocycles. The van der Waals surface area contributed by atoms with E-state index in [1.165, 1.54) is 11.1 Å². The fourth-order valence-corrected chi connectivity index (χ4v) is 2.68. The van der Waals surface area contributed by atoms with Crippen molar-refractivity contribution in [2.24, 2.45) is 0 Å². The van der Waals surface area contributed by atoms with E-state index in [1.807, 2.05) is 19.9 Å². The molecule has 0 fully saturated rings. The maximum atomic E-state index is 5.84. The molecule has 1 atom stereocenters. The molecule has 3 rings (SSSR count). The van der Waals surface area contributed by atoms with Crippen LogP contribution in [0.1, 0.15) is 37.4 Å². The summed E-state index contributed by atoms with van der Waals surface area (Å²) in [6.45, 7) is 3.94. The summed E-state index contributed by atoms with van der Waals surface area (Å²) in [5.74, 6) is 1.29. The second-order valence-corrected chi connectivity index (χ2v) is 5.60. The van der Waals surface area contributed by atoms with E-state index in [4.69, 9.17) is 10.5 Å². The highest BCUT2D eigenvalue weighted by Crippen LogP contribution is 2.34. The molecule has 5 heteroatoms. The van der Waals surface area contributed by atoms with Crippen LogP contribution in [0.15, 0.2) is 30.6 Å². The first-order valence-electron chi connectivity index (χ1n) is 7.25. The molecule has 1 heterocycles. The molecule has 21 heavy (non-hydrogen) atoms. The van der Waals surface area contributed by atoms with Gasteiger partial charge in [0.25, 0.3) is 0 Å². The van der Waals surface area contributed by atoms with Crippen molar-refractivity contribution in [3.05, 3.63) is 41.7 Å². The average molecular weight is 284 g/mol. The molecule has 110 valence electrons. The van der Waals surface area contributed by atoms with Crippen LogP contribution < -0.4 is 15.8 Å². The molecule has 0 spiro atoms. The van der Waals surface area contributed by atoms with Gasteiger partial charge in [0.15, 0.2) is 0 Å². The second-order valence-electron chi connectivity index (χ2n) is 5.60. The van der Waals surface area contributed by atoms with Gasteiger partial charge in [0.1, 0.15) is 5.82 Å². The first-order valence-corrected chi connectivity index (χ1v) is 7.25. The summed E-state index contributed by atoms with van der Waals surface area (Å²) >= 11 is 0. The van der Waals surface area contributed by atoms with Crippen LogP contribution in [0.5, 0.6) is 5.88 Å². The highest BCUT2D eigenvalue weighted by molar-refractivity contribution is 5.50. The summed E-state index contributed by atoms with van der Waals surface area (Å²) in [5.41, 5.74) is 9.26. The number of nitrogens with zero attached hydrogens (tertiary/aromatic N) is 2. The Hall–Kier alpha value is -2.30. The molecule has 0 radical (unpaired) electrons. The van der Waals surface area contributed by atoms with E-state index in [0.717, 1.165) is 24.3 Å². The molecule has 0 bridgehead atoms. The van der Waals surface area contributed by atoms with Crippen molar-refractivity contribution in [3.8, 4) is 5.88 Å². The lowest BCUT2D eigenvalue weighted by Gasteiger charge is -2.16. The molecule has 0 amide bonds. The second kappa shape index (κ2) is 5.60. The Bertz CT molecular complexity index is 642. The Morgan fingerprint density at radius 2 is 2.19 bits per heavy atom. The number of hydrogen-bond donors (Lipinski definition) is 2. The van der Waals surface area contributed by atoms with Crippen LogP contribution in [0, 0.1) is 0 Å². The lowest BCUT2D eigenvalue weighted by molar-refractivity contribution is 0.232. The molecular formula is C16H20N4O. The van der Waals surface area contributed by atoms with Crippen LogP contribution in [-0.4, -0.2) is 16.1 Å². The minimum atomic E-state index is 0.0877. The van der Waals surface area contributed by atoms with Gasteiger partial charge < -0.3 is 15.8 Å². The summed E-state index contributed by atoms with van der Waals surface area (Å²) in [7, 11) is 0. The Morgan fingerprint density at radius 1 is 1.33 bits per heavy atom. The first-order chi connectivity index (χ1) is 10.1. The Labute approximate surface area is 124 Å². The molecule has 1 aliphatic carbocycles. The third-order valence-electron chi connectivity index (χ3n) is 3.54. The Morgan fingerprint density at radius 3 is 3.00 bits per heavy atom. The number of nitrogens with one attached hydrogen (secondary N) is 1. The van der Waals surface area contributed by atoms with E-state index >= 15 is 0 Å². The van der Waals surface area contributed by atoms with Gasteiger partial charge in [0.05, 0.1) is 24.5 Å². The zero-order valence-electron chi connectivity index (χ0n) is 12.3. The maximum Gasteiger partial charge on any atom is 0.234 e. The van der Waals surface area contributed by atoms with Gasteiger partial charge >= 0.3 is 0 Å². The van der Waals surface area contributed by atoms with E-state index < -0.39 is 0 Å². The number of benzene rings is 1. The molecule has 0 aliphatic heterocycles.